The lowest BCUT2D eigenvalue weighted by molar-refractivity contribution is -0.129. The zero-order valence-electron chi connectivity index (χ0n) is 13.6. The van der Waals surface area contributed by atoms with Crippen LogP contribution in [0.15, 0.2) is 55.0 Å². The number of likely N-dealkylation sites (N-methyl/N-ethyl adjacent to an activating group) is 1. The molecule has 0 unspecified atom stereocenters. The van der Waals surface area contributed by atoms with Gasteiger partial charge in [-0.15, -0.1) is 0 Å². The topological polar surface area (TPSA) is 38.1 Å². The van der Waals surface area contributed by atoms with E-state index in [2.05, 4.69) is 27.9 Å². The molecule has 0 bridgehead atoms. The molecule has 3 aromatic rings. The molecular formula is C19H21N3O. The third-order valence-corrected chi connectivity index (χ3v) is 4.23. The summed E-state index contributed by atoms with van der Waals surface area (Å²) in [6.07, 6.45) is 6.91. The number of aromatic nitrogens is 2. The summed E-state index contributed by atoms with van der Waals surface area (Å²) < 4.78 is 2.08. The van der Waals surface area contributed by atoms with Gasteiger partial charge in [0.25, 0.3) is 0 Å². The molecule has 3 rings (SSSR count). The molecule has 23 heavy (non-hydrogen) atoms. The number of fused-ring (bicyclic) bond motifs is 1. The molecule has 4 nitrogen and oxygen atoms in total. The van der Waals surface area contributed by atoms with Gasteiger partial charge in [0, 0.05) is 50.1 Å². The number of rotatable bonds is 5. The van der Waals surface area contributed by atoms with Crippen LogP contribution in [-0.2, 0) is 24.7 Å². The van der Waals surface area contributed by atoms with Crippen LogP contribution in [0, 0.1) is 0 Å². The minimum Gasteiger partial charge on any atom is -0.350 e. The minimum atomic E-state index is 0.149. The Morgan fingerprint density at radius 2 is 1.91 bits per heavy atom. The average Bonchev–Trinajstić information content (AvgIpc) is 2.90. The predicted octanol–water partition coefficient (Wildman–Crippen LogP) is 2.82. The van der Waals surface area contributed by atoms with Crippen molar-refractivity contribution in [2.75, 3.05) is 13.6 Å². The van der Waals surface area contributed by atoms with E-state index in [1.54, 1.807) is 12.4 Å². The van der Waals surface area contributed by atoms with E-state index in [1.807, 2.05) is 43.3 Å². The van der Waals surface area contributed by atoms with Crippen LogP contribution in [0.5, 0.6) is 0 Å². The number of para-hydroxylation sites is 1. The van der Waals surface area contributed by atoms with Crippen LogP contribution in [0.1, 0.15) is 11.1 Å². The molecule has 1 amide bonds. The van der Waals surface area contributed by atoms with E-state index in [-0.39, 0.29) is 5.91 Å². The van der Waals surface area contributed by atoms with E-state index >= 15 is 0 Å². The first-order valence-electron chi connectivity index (χ1n) is 7.81. The van der Waals surface area contributed by atoms with E-state index in [0.717, 1.165) is 22.9 Å². The lowest BCUT2D eigenvalue weighted by Gasteiger charge is -2.17. The Bertz CT molecular complexity index is 808. The fourth-order valence-corrected chi connectivity index (χ4v) is 2.84. The molecule has 0 atom stereocenters. The van der Waals surface area contributed by atoms with Gasteiger partial charge in [0.2, 0.25) is 5.91 Å². The summed E-state index contributed by atoms with van der Waals surface area (Å²) in [7, 11) is 3.89. The van der Waals surface area contributed by atoms with Gasteiger partial charge in [-0.05, 0) is 35.7 Å². The monoisotopic (exact) mass is 307 g/mol. The van der Waals surface area contributed by atoms with Crippen LogP contribution in [0.25, 0.3) is 10.9 Å². The lowest BCUT2D eigenvalue weighted by Crippen LogP contribution is -2.30. The summed E-state index contributed by atoms with van der Waals surface area (Å²) in [5.74, 6) is 0.149. The van der Waals surface area contributed by atoms with Gasteiger partial charge in [0.1, 0.15) is 0 Å². The molecule has 0 saturated carbocycles. The Balaban J connectivity index is 1.66. The second kappa shape index (κ2) is 6.65. The summed E-state index contributed by atoms with van der Waals surface area (Å²) in [6, 6.07) is 12.2. The third kappa shape index (κ3) is 3.42. The first-order valence-corrected chi connectivity index (χ1v) is 7.81. The fraction of sp³-hybridized carbons (Fsp3) is 0.263. The van der Waals surface area contributed by atoms with E-state index in [4.69, 9.17) is 0 Å². The highest BCUT2D eigenvalue weighted by atomic mass is 16.2. The number of hydrogen-bond acceptors (Lipinski definition) is 2. The van der Waals surface area contributed by atoms with Crippen molar-refractivity contribution >= 4 is 16.8 Å². The maximum absolute atomic E-state index is 12.5. The molecular weight excluding hydrogens is 286 g/mol. The molecule has 0 aliphatic heterocycles. The van der Waals surface area contributed by atoms with Crippen LogP contribution < -0.4 is 0 Å². The maximum Gasteiger partial charge on any atom is 0.226 e. The van der Waals surface area contributed by atoms with E-state index in [0.29, 0.717) is 13.0 Å². The summed E-state index contributed by atoms with van der Waals surface area (Å²) in [4.78, 5) is 18.3. The van der Waals surface area contributed by atoms with Gasteiger partial charge in [0.15, 0.2) is 0 Å². The molecule has 0 spiro atoms. The number of benzene rings is 1. The molecule has 0 aliphatic carbocycles. The smallest absolute Gasteiger partial charge is 0.226 e. The summed E-state index contributed by atoms with van der Waals surface area (Å²) in [5, 5.41) is 1.16. The Labute approximate surface area is 136 Å². The number of amides is 1. The maximum atomic E-state index is 12.5. The molecule has 0 radical (unpaired) electrons. The van der Waals surface area contributed by atoms with Crippen molar-refractivity contribution in [1.82, 2.24) is 14.5 Å². The largest absolute Gasteiger partial charge is 0.350 e. The highest BCUT2D eigenvalue weighted by Crippen LogP contribution is 2.21. The predicted molar refractivity (Wildman–Crippen MR) is 92.2 cm³/mol. The normalized spacial score (nSPS) is 10.9. The van der Waals surface area contributed by atoms with Crippen molar-refractivity contribution in [1.29, 1.82) is 0 Å². The number of aryl methyl sites for hydroxylation is 1. The van der Waals surface area contributed by atoms with Crippen LogP contribution >= 0.6 is 0 Å². The molecule has 2 aromatic heterocycles. The minimum absolute atomic E-state index is 0.149. The van der Waals surface area contributed by atoms with Gasteiger partial charge in [0.05, 0.1) is 6.42 Å². The van der Waals surface area contributed by atoms with Crippen molar-refractivity contribution in [3.63, 3.8) is 0 Å². The molecule has 118 valence electrons. The molecule has 1 aromatic carbocycles. The third-order valence-electron chi connectivity index (χ3n) is 4.23. The lowest BCUT2D eigenvalue weighted by atomic mass is 10.1. The highest BCUT2D eigenvalue weighted by Gasteiger charge is 2.13. The molecule has 4 heteroatoms. The summed E-state index contributed by atoms with van der Waals surface area (Å²) in [5.41, 5.74) is 3.45. The van der Waals surface area contributed by atoms with E-state index in [1.165, 1.54) is 5.56 Å². The number of carbonyl (C=O) groups excluding carboxylic acids is 1. The van der Waals surface area contributed by atoms with E-state index in [9.17, 15) is 4.79 Å². The van der Waals surface area contributed by atoms with Gasteiger partial charge < -0.3 is 9.47 Å². The van der Waals surface area contributed by atoms with Gasteiger partial charge in [-0.25, -0.2) is 0 Å². The number of nitrogens with zero attached hydrogens (tertiary/aromatic N) is 3. The van der Waals surface area contributed by atoms with E-state index < -0.39 is 0 Å². The second-order valence-electron chi connectivity index (χ2n) is 5.88. The molecule has 0 fully saturated rings. The Morgan fingerprint density at radius 3 is 2.70 bits per heavy atom. The summed E-state index contributed by atoms with van der Waals surface area (Å²) in [6.45, 7) is 0.716. The van der Waals surface area contributed by atoms with Crippen molar-refractivity contribution in [3.8, 4) is 0 Å². The first-order chi connectivity index (χ1) is 11.1. The average molecular weight is 307 g/mol. The Morgan fingerprint density at radius 1 is 1.17 bits per heavy atom. The van der Waals surface area contributed by atoms with Crippen molar-refractivity contribution in [2.24, 2.45) is 7.05 Å². The van der Waals surface area contributed by atoms with Crippen LogP contribution in [-0.4, -0.2) is 34.0 Å². The second-order valence-corrected chi connectivity index (χ2v) is 5.88. The quantitative estimate of drug-likeness (QED) is 0.727. The fourth-order valence-electron chi connectivity index (χ4n) is 2.84. The Hall–Kier alpha value is -2.62. The van der Waals surface area contributed by atoms with Gasteiger partial charge in [-0.1, -0.05) is 18.2 Å². The molecule has 0 saturated heterocycles. The number of pyridine rings is 1. The first kappa shape index (κ1) is 15.3. The zero-order chi connectivity index (χ0) is 16.2. The number of carbonyl (C=O) groups is 1. The van der Waals surface area contributed by atoms with Crippen LogP contribution in [0.4, 0.5) is 0 Å². The molecule has 0 N–H and O–H groups in total. The molecule has 0 aliphatic rings. The van der Waals surface area contributed by atoms with Crippen molar-refractivity contribution < 1.29 is 4.79 Å². The molecule has 2 heterocycles. The van der Waals surface area contributed by atoms with Gasteiger partial charge >= 0.3 is 0 Å². The highest BCUT2D eigenvalue weighted by molar-refractivity contribution is 5.89. The van der Waals surface area contributed by atoms with Crippen molar-refractivity contribution in [2.45, 2.75) is 12.8 Å². The Kier molecular flexibility index (Phi) is 4.42. The van der Waals surface area contributed by atoms with Gasteiger partial charge in [-0.2, -0.15) is 0 Å². The van der Waals surface area contributed by atoms with Crippen LogP contribution in [0.2, 0.25) is 0 Å². The van der Waals surface area contributed by atoms with Gasteiger partial charge in [-0.3, -0.25) is 9.78 Å². The SMILES string of the molecule is CN(CCc1ccncc1)C(=O)Cc1cn(C)c2ccccc12. The van der Waals surface area contributed by atoms with Crippen LogP contribution in [0.3, 0.4) is 0 Å². The standard InChI is InChI=1S/C19H21N3O/c1-21(12-9-15-7-10-20-11-8-15)19(23)13-16-14-22(2)18-6-4-3-5-17(16)18/h3-8,10-11,14H,9,12-13H2,1-2H3. The zero-order valence-corrected chi connectivity index (χ0v) is 13.6. The summed E-state index contributed by atoms with van der Waals surface area (Å²) >= 11 is 0. The number of hydrogen-bond donors (Lipinski definition) is 0. The van der Waals surface area contributed by atoms with Crippen molar-refractivity contribution in [3.05, 3.63) is 66.1 Å².